The summed E-state index contributed by atoms with van der Waals surface area (Å²) < 4.78 is 60.0. The summed E-state index contributed by atoms with van der Waals surface area (Å²) in [4.78, 5) is 56.4. The van der Waals surface area contributed by atoms with Crippen LogP contribution in [0.1, 0.15) is 38.3 Å². The molecule has 208 valence electrons. The number of carbonyl (C=O) groups excluding carboxylic acids is 2. The minimum absolute atomic E-state index is 0.0228. The Balaban J connectivity index is 1.85. The monoisotopic (exact) mass is 588 g/mol. The SMILES string of the molecule is CCOC(=O)CN1C(=O)C(=C2CCCC2)S/C1=N\c1cc(-n2c(=O)cc(C(F)(F)F)n(C)c2=O)c(F)cc1Cl. The number of amidine groups is 1. The van der Waals surface area contributed by atoms with Crippen LogP contribution in [0.4, 0.5) is 23.2 Å². The van der Waals surface area contributed by atoms with Gasteiger partial charge >= 0.3 is 17.8 Å². The number of esters is 1. The number of aromatic nitrogens is 2. The number of hydrogen-bond acceptors (Lipinski definition) is 7. The van der Waals surface area contributed by atoms with Crippen molar-refractivity contribution >= 4 is 46.1 Å². The molecule has 0 bridgehead atoms. The van der Waals surface area contributed by atoms with Crippen molar-refractivity contribution in [3.8, 4) is 5.69 Å². The molecule has 1 saturated carbocycles. The van der Waals surface area contributed by atoms with Gasteiger partial charge < -0.3 is 4.74 Å². The maximum Gasteiger partial charge on any atom is 0.431 e. The Bertz CT molecular complexity index is 1540. The van der Waals surface area contributed by atoms with E-state index in [0.717, 1.165) is 54.3 Å². The van der Waals surface area contributed by atoms with E-state index >= 15 is 0 Å². The van der Waals surface area contributed by atoms with Gasteiger partial charge in [-0.1, -0.05) is 17.2 Å². The van der Waals surface area contributed by atoms with Crippen LogP contribution in [0.15, 0.2) is 43.3 Å². The summed E-state index contributed by atoms with van der Waals surface area (Å²) in [6.45, 7) is 1.23. The summed E-state index contributed by atoms with van der Waals surface area (Å²) in [6, 6.07) is 1.83. The van der Waals surface area contributed by atoms with Gasteiger partial charge in [-0.15, -0.1) is 0 Å². The topological polar surface area (TPSA) is 103 Å². The molecule has 1 amide bonds. The van der Waals surface area contributed by atoms with Gasteiger partial charge in [0.25, 0.3) is 11.5 Å². The summed E-state index contributed by atoms with van der Waals surface area (Å²) in [5.41, 5.74) is -4.35. The van der Waals surface area contributed by atoms with E-state index in [1.807, 2.05) is 0 Å². The minimum atomic E-state index is -5.00. The van der Waals surface area contributed by atoms with Crippen LogP contribution >= 0.6 is 23.4 Å². The molecular formula is C24H21ClF4N4O5S. The predicted octanol–water partition coefficient (Wildman–Crippen LogP) is 4.30. The molecule has 2 fully saturated rings. The molecule has 2 aromatic rings. The van der Waals surface area contributed by atoms with Gasteiger partial charge in [-0.2, -0.15) is 13.2 Å². The highest BCUT2D eigenvalue weighted by atomic mass is 35.5. The molecule has 1 aliphatic carbocycles. The van der Waals surface area contributed by atoms with Crippen molar-refractivity contribution in [2.45, 2.75) is 38.8 Å². The standard InChI is InChI=1S/C24H21ClF4N4O5S/c1-3-38-19(35)11-32-21(36)20(12-6-4-5-7-12)39-22(32)30-15-9-16(14(26)8-13(15)25)33-18(34)10-17(24(27,28)29)31(2)23(33)37/h8-10H,3-7,11H2,1-2H3/b30-22-. The highest BCUT2D eigenvalue weighted by Gasteiger charge is 2.38. The fourth-order valence-electron chi connectivity index (χ4n) is 4.22. The number of halogens is 5. The fourth-order valence-corrected chi connectivity index (χ4v) is 5.54. The minimum Gasteiger partial charge on any atom is -0.465 e. The quantitative estimate of drug-likeness (QED) is 0.293. The van der Waals surface area contributed by atoms with Crippen LogP contribution in [0.3, 0.4) is 0 Å². The van der Waals surface area contributed by atoms with E-state index in [0.29, 0.717) is 17.7 Å². The van der Waals surface area contributed by atoms with Crippen LogP contribution in [-0.4, -0.2) is 44.2 Å². The first-order valence-electron chi connectivity index (χ1n) is 11.7. The Hall–Kier alpha value is -3.39. The lowest BCUT2D eigenvalue weighted by atomic mass is 10.2. The third-order valence-corrected chi connectivity index (χ3v) is 7.53. The van der Waals surface area contributed by atoms with E-state index in [9.17, 15) is 36.7 Å². The summed E-state index contributed by atoms with van der Waals surface area (Å²) in [5, 5.41) is -0.249. The highest BCUT2D eigenvalue weighted by Crippen LogP contribution is 2.41. The van der Waals surface area contributed by atoms with Crippen molar-refractivity contribution in [2.75, 3.05) is 13.2 Å². The first kappa shape index (κ1) is 28.6. The second-order valence-corrected chi connectivity index (χ2v) is 10.0. The van der Waals surface area contributed by atoms with Crippen LogP contribution in [0, 0.1) is 5.82 Å². The summed E-state index contributed by atoms with van der Waals surface area (Å²) in [5.74, 6) is -2.33. The molecule has 1 aromatic carbocycles. The van der Waals surface area contributed by atoms with Gasteiger partial charge in [-0.25, -0.2) is 18.7 Å². The normalized spacial score (nSPS) is 17.1. The van der Waals surface area contributed by atoms with Gasteiger partial charge in [-0.05, 0) is 56.5 Å². The zero-order valence-corrected chi connectivity index (χ0v) is 22.2. The van der Waals surface area contributed by atoms with Gasteiger partial charge in [-0.3, -0.25) is 23.9 Å². The van der Waals surface area contributed by atoms with E-state index in [-0.39, 0.29) is 37.7 Å². The Kier molecular flexibility index (Phi) is 8.07. The molecule has 2 heterocycles. The summed E-state index contributed by atoms with van der Waals surface area (Å²) in [7, 11) is 0.794. The molecule has 4 rings (SSSR count). The summed E-state index contributed by atoms with van der Waals surface area (Å²) in [6.07, 6.45) is -1.78. The number of rotatable bonds is 5. The number of ether oxygens (including phenoxy) is 1. The number of carbonyl (C=O) groups is 2. The first-order valence-corrected chi connectivity index (χ1v) is 12.9. The highest BCUT2D eigenvalue weighted by molar-refractivity contribution is 8.18. The number of alkyl halides is 3. The lowest BCUT2D eigenvalue weighted by molar-refractivity contribution is -0.145. The molecule has 0 unspecified atom stereocenters. The molecular weight excluding hydrogens is 568 g/mol. The lowest BCUT2D eigenvalue weighted by Crippen LogP contribution is -2.41. The molecule has 0 radical (unpaired) electrons. The fraction of sp³-hybridized carbons (Fsp3) is 0.375. The molecule has 1 aromatic heterocycles. The average molecular weight is 589 g/mol. The Morgan fingerprint density at radius 2 is 1.82 bits per heavy atom. The van der Waals surface area contributed by atoms with Crippen LogP contribution in [0.2, 0.25) is 5.02 Å². The molecule has 1 saturated heterocycles. The van der Waals surface area contributed by atoms with E-state index in [4.69, 9.17) is 16.3 Å². The van der Waals surface area contributed by atoms with Crippen molar-refractivity contribution in [1.29, 1.82) is 0 Å². The predicted molar refractivity (Wildman–Crippen MR) is 136 cm³/mol. The zero-order valence-electron chi connectivity index (χ0n) is 20.6. The lowest BCUT2D eigenvalue weighted by Gasteiger charge is -2.16. The number of benzene rings is 1. The molecule has 2 aliphatic rings. The Labute approximate surface area is 227 Å². The number of allylic oxidation sites excluding steroid dienone is 1. The molecule has 0 N–H and O–H groups in total. The van der Waals surface area contributed by atoms with E-state index in [2.05, 4.69) is 4.99 Å². The maximum atomic E-state index is 14.9. The number of hydrogen-bond donors (Lipinski definition) is 0. The molecule has 15 heteroatoms. The van der Waals surface area contributed by atoms with E-state index < -0.39 is 53.0 Å². The number of aliphatic imine (C=N–C) groups is 1. The van der Waals surface area contributed by atoms with Crippen LogP contribution < -0.4 is 11.2 Å². The molecule has 0 atom stereocenters. The van der Waals surface area contributed by atoms with Gasteiger partial charge in [0, 0.05) is 13.1 Å². The molecule has 9 nitrogen and oxygen atoms in total. The van der Waals surface area contributed by atoms with Crippen LogP contribution in [-0.2, 0) is 27.5 Å². The van der Waals surface area contributed by atoms with E-state index in [1.165, 1.54) is 0 Å². The van der Waals surface area contributed by atoms with Gasteiger partial charge in [0.05, 0.1) is 27.9 Å². The number of thioether (sulfide) groups is 1. The van der Waals surface area contributed by atoms with Crippen molar-refractivity contribution in [1.82, 2.24) is 14.0 Å². The third kappa shape index (κ3) is 5.66. The first-order chi connectivity index (χ1) is 18.3. The van der Waals surface area contributed by atoms with Crippen LogP contribution in [0.5, 0.6) is 0 Å². The van der Waals surface area contributed by atoms with Crippen LogP contribution in [0.25, 0.3) is 5.69 Å². The maximum absolute atomic E-state index is 14.9. The molecule has 0 spiro atoms. The molecule has 1 aliphatic heterocycles. The van der Waals surface area contributed by atoms with Crippen molar-refractivity contribution in [3.63, 3.8) is 0 Å². The second-order valence-electron chi connectivity index (χ2n) is 8.63. The largest absolute Gasteiger partial charge is 0.465 e. The van der Waals surface area contributed by atoms with Gasteiger partial charge in [0.15, 0.2) is 5.17 Å². The van der Waals surface area contributed by atoms with Crippen molar-refractivity contribution in [3.05, 3.63) is 66.0 Å². The van der Waals surface area contributed by atoms with Crippen molar-refractivity contribution < 1.29 is 31.9 Å². The zero-order chi connectivity index (χ0) is 28.6. The van der Waals surface area contributed by atoms with Gasteiger partial charge in [0.2, 0.25) is 0 Å². The number of amides is 1. The third-order valence-electron chi connectivity index (χ3n) is 6.07. The summed E-state index contributed by atoms with van der Waals surface area (Å²) >= 11 is 7.18. The Morgan fingerprint density at radius 3 is 2.44 bits per heavy atom. The number of nitrogens with zero attached hydrogens (tertiary/aromatic N) is 4. The smallest absolute Gasteiger partial charge is 0.431 e. The Morgan fingerprint density at radius 1 is 1.15 bits per heavy atom. The van der Waals surface area contributed by atoms with E-state index in [1.54, 1.807) is 6.92 Å². The average Bonchev–Trinajstić information content (AvgIpc) is 3.48. The second kappa shape index (κ2) is 11.0. The van der Waals surface area contributed by atoms with Gasteiger partial charge in [0.1, 0.15) is 18.1 Å². The van der Waals surface area contributed by atoms with Crippen molar-refractivity contribution in [2.24, 2.45) is 12.0 Å². The molecule has 39 heavy (non-hydrogen) atoms.